The monoisotopic (exact) mass is 337 g/mol. The Morgan fingerprint density at radius 2 is 2.00 bits per heavy atom. The van der Waals surface area contributed by atoms with Crippen LogP contribution in [0.1, 0.15) is 39.0 Å². The molecule has 0 unspecified atom stereocenters. The van der Waals surface area contributed by atoms with E-state index in [1.807, 2.05) is 11.9 Å². The van der Waals surface area contributed by atoms with Gasteiger partial charge in [-0.15, -0.1) is 0 Å². The van der Waals surface area contributed by atoms with Gasteiger partial charge in [0, 0.05) is 24.8 Å². The van der Waals surface area contributed by atoms with E-state index in [2.05, 4.69) is 0 Å². The molecule has 1 N–H and O–H groups in total. The van der Waals surface area contributed by atoms with Crippen LogP contribution in [0.3, 0.4) is 0 Å². The number of rotatable bonds is 6. The summed E-state index contributed by atoms with van der Waals surface area (Å²) >= 11 is 0. The van der Waals surface area contributed by atoms with Crippen LogP contribution in [0.2, 0.25) is 0 Å². The maximum Gasteiger partial charge on any atom is 0.328 e. The van der Waals surface area contributed by atoms with E-state index >= 15 is 0 Å². The van der Waals surface area contributed by atoms with Crippen molar-refractivity contribution in [2.24, 2.45) is 0 Å². The Hall–Kier alpha value is -2.38. The normalized spacial score (nSPS) is 15.0. The molecule has 1 aliphatic carbocycles. The minimum Gasteiger partial charge on any atom is -0.454 e. The zero-order chi connectivity index (χ0) is 17.5. The highest BCUT2D eigenvalue weighted by atomic mass is 16.5. The minimum atomic E-state index is -0.697. The van der Waals surface area contributed by atoms with Crippen LogP contribution in [-0.2, 0) is 20.9 Å². The first-order valence-electron chi connectivity index (χ1n) is 8.26. The number of carbonyl (C=O) groups excluding carboxylic acids is 2. The molecule has 0 radical (unpaired) electrons. The van der Waals surface area contributed by atoms with E-state index in [-0.39, 0.29) is 25.1 Å². The number of aromatic nitrogens is 2. The van der Waals surface area contributed by atoms with Crippen LogP contribution in [0.5, 0.6) is 0 Å². The zero-order valence-corrected chi connectivity index (χ0v) is 13.8. The number of aromatic amines is 1. The highest BCUT2D eigenvalue weighted by Gasteiger charge is 2.24. The summed E-state index contributed by atoms with van der Waals surface area (Å²) in [5.74, 6) is -0.913. The van der Waals surface area contributed by atoms with Crippen LogP contribution in [0.25, 0.3) is 0 Å². The van der Waals surface area contributed by atoms with E-state index in [0.717, 1.165) is 36.3 Å². The fraction of sp³-hybridized carbons (Fsp3) is 0.625. The van der Waals surface area contributed by atoms with Gasteiger partial charge in [0.1, 0.15) is 6.54 Å². The van der Waals surface area contributed by atoms with Gasteiger partial charge in [0.25, 0.3) is 11.5 Å². The van der Waals surface area contributed by atoms with Gasteiger partial charge in [0.2, 0.25) is 0 Å². The third-order valence-electron chi connectivity index (χ3n) is 4.23. The second-order valence-electron chi connectivity index (χ2n) is 5.87. The number of hydrogen-bond acceptors (Lipinski definition) is 5. The van der Waals surface area contributed by atoms with Crippen molar-refractivity contribution in [3.05, 3.63) is 33.1 Å². The first-order chi connectivity index (χ1) is 11.5. The average Bonchev–Trinajstić information content (AvgIpc) is 2.57. The predicted molar refractivity (Wildman–Crippen MR) is 86.5 cm³/mol. The molecule has 132 valence electrons. The Balaban J connectivity index is 1.86. The molecule has 1 aliphatic rings. The number of hydrogen-bond donors (Lipinski definition) is 1. The Kier molecular flexibility index (Phi) is 6.34. The van der Waals surface area contributed by atoms with Gasteiger partial charge in [-0.1, -0.05) is 19.3 Å². The van der Waals surface area contributed by atoms with E-state index in [4.69, 9.17) is 4.74 Å². The van der Waals surface area contributed by atoms with Crippen molar-refractivity contribution in [2.45, 2.75) is 51.6 Å². The molecule has 1 aromatic rings. The second kappa shape index (κ2) is 8.47. The van der Waals surface area contributed by atoms with Crippen molar-refractivity contribution in [1.82, 2.24) is 14.5 Å². The maximum absolute atomic E-state index is 12.3. The molecule has 0 aromatic carbocycles. The van der Waals surface area contributed by atoms with Gasteiger partial charge in [-0.05, 0) is 19.8 Å². The lowest BCUT2D eigenvalue weighted by Gasteiger charge is -2.33. The lowest BCUT2D eigenvalue weighted by atomic mass is 9.94. The highest BCUT2D eigenvalue weighted by Crippen LogP contribution is 2.22. The summed E-state index contributed by atoms with van der Waals surface area (Å²) < 4.78 is 6.01. The molecular weight excluding hydrogens is 314 g/mol. The molecule has 0 spiro atoms. The Morgan fingerprint density at radius 1 is 1.29 bits per heavy atom. The van der Waals surface area contributed by atoms with Gasteiger partial charge in [0.15, 0.2) is 6.61 Å². The summed E-state index contributed by atoms with van der Waals surface area (Å²) in [4.78, 5) is 50.3. The molecule has 1 saturated carbocycles. The van der Waals surface area contributed by atoms with Crippen molar-refractivity contribution in [3.8, 4) is 0 Å². The summed E-state index contributed by atoms with van der Waals surface area (Å²) in [6.07, 6.45) is 6.61. The molecule has 1 aromatic heterocycles. The first-order valence-corrected chi connectivity index (χ1v) is 8.26. The number of nitrogens with one attached hydrogen (secondary N) is 1. The molecule has 8 nitrogen and oxygen atoms in total. The van der Waals surface area contributed by atoms with Crippen molar-refractivity contribution >= 4 is 11.9 Å². The molecule has 2 rings (SSSR count). The van der Waals surface area contributed by atoms with Crippen molar-refractivity contribution < 1.29 is 14.3 Å². The first kappa shape index (κ1) is 18.0. The van der Waals surface area contributed by atoms with Crippen LogP contribution in [0, 0.1) is 0 Å². The number of nitrogens with zero attached hydrogens (tertiary/aromatic N) is 2. The van der Waals surface area contributed by atoms with E-state index < -0.39 is 17.2 Å². The topological polar surface area (TPSA) is 101 Å². The molecule has 0 aliphatic heterocycles. The third kappa shape index (κ3) is 4.81. The van der Waals surface area contributed by atoms with Crippen LogP contribution in [0.4, 0.5) is 0 Å². The molecule has 8 heteroatoms. The lowest BCUT2D eigenvalue weighted by molar-refractivity contribution is -0.153. The number of likely N-dealkylation sites (N-methyl/N-ethyl adjacent to an activating group) is 1. The predicted octanol–water partition coefficient (Wildman–Crippen LogP) is 0.261. The van der Waals surface area contributed by atoms with Gasteiger partial charge in [-0.2, -0.15) is 0 Å². The molecular formula is C16H23N3O5. The molecule has 1 fully saturated rings. The molecule has 0 bridgehead atoms. The quantitative estimate of drug-likeness (QED) is 0.750. The summed E-state index contributed by atoms with van der Waals surface area (Å²) in [5, 5.41) is 0. The number of H-pyrrole nitrogens is 1. The lowest BCUT2D eigenvalue weighted by Crippen LogP contribution is -2.43. The Labute approximate surface area is 139 Å². The molecule has 24 heavy (non-hydrogen) atoms. The average molecular weight is 337 g/mol. The van der Waals surface area contributed by atoms with E-state index in [1.54, 1.807) is 4.90 Å². The van der Waals surface area contributed by atoms with Gasteiger partial charge in [-0.3, -0.25) is 23.9 Å². The Morgan fingerprint density at radius 3 is 2.62 bits per heavy atom. The fourth-order valence-electron chi connectivity index (χ4n) is 3.01. The summed E-state index contributed by atoms with van der Waals surface area (Å²) in [6, 6.07) is 1.36. The highest BCUT2D eigenvalue weighted by molar-refractivity contribution is 5.80. The van der Waals surface area contributed by atoms with Gasteiger partial charge in [-0.25, -0.2) is 4.79 Å². The van der Waals surface area contributed by atoms with Crippen molar-refractivity contribution in [3.63, 3.8) is 0 Å². The van der Waals surface area contributed by atoms with Crippen molar-refractivity contribution in [2.75, 3.05) is 13.2 Å². The zero-order valence-electron chi connectivity index (χ0n) is 13.8. The molecule has 0 atom stereocenters. The van der Waals surface area contributed by atoms with Crippen molar-refractivity contribution in [1.29, 1.82) is 0 Å². The minimum absolute atomic E-state index is 0.216. The van der Waals surface area contributed by atoms with Crippen LogP contribution in [-0.4, -0.2) is 45.5 Å². The SMILES string of the molecule is CCN(C(=O)COC(=O)Cn1ccc(=O)[nH]c1=O)C1CCCCC1. The molecule has 0 saturated heterocycles. The number of carbonyl (C=O) groups is 2. The van der Waals surface area contributed by atoms with Gasteiger partial charge < -0.3 is 9.64 Å². The second-order valence-corrected chi connectivity index (χ2v) is 5.87. The van der Waals surface area contributed by atoms with Gasteiger partial charge >= 0.3 is 11.7 Å². The number of esters is 1. The van der Waals surface area contributed by atoms with Crippen LogP contribution >= 0.6 is 0 Å². The number of ether oxygens (including phenoxy) is 1. The van der Waals surface area contributed by atoms with E-state index in [9.17, 15) is 19.2 Å². The summed E-state index contributed by atoms with van der Waals surface area (Å²) in [7, 11) is 0. The smallest absolute Gasteiger partial charge is 0.328 e. The van der Waals surface area contributed by atoms with Gasteiger partial charge in [0.05, 0.1) is 0 Å². The summed E-state index contributed by atoms with van der Waals surface area (Å²) in [5.41, 5.74) is -1.23. The third-order valence-corrected chi connectivity index (χ3v) is 4.23. The van der Waals surface area contributed by atoms with Crippen LogP contribution < -0.4 is 11.2 Å². The Bertz CT molecular complexity index is 687. The van der Waals surface area contributed by atoms with E-state index in [1.165, 1.54) is 12.6 Å². The standard InChI is InChI=1S/C16H23N3O5/c1-2-19(12-6-4-3-5-7-12)14(21)11-24-15(22)10-18-9-8-13(20)17-16(18)23/h8-9,12H,2-7,10-11H2,1H3,(H,17,20,23). The molecule has 1 amide bonds. The maximum atomic E-state index is 12.3. The van der Waals surface area contributed by atoms with E-state index in [0.29, 0.717) is 6.54 Å². The molecule has 1 heterocycles. The fourth-order valence-corrected chi connectivity index (χ4v) is 3.01. The number of amides is 1. The van der Waals surface area contributed by atoms with Crippen LogP contribution in [0.15, 0.2) is 21.9 Å². The largest absolute Gasteiger partial charge is 0.454 e. The summed E-state index contributed by atoms with van der Waals surface area (Å²) in [6.45, 7) is 1.81.